The molecule has 0 aliphatic carbocycles. The third-order valence-electron chi connectivity index (χ3n) is 2.75. The van der Waals surface area contributed by atoms with Gasteiger partial charge in [0.1, 0.15) is 17.8 Å². The largest absolute Gasteiger partial charge is 0.383 e. The standard InChI is InChI=1S/C10H10BrN5/c1-5-3-16-6(2-13-5)8(11)7-9(12)14-4-15-10(7)16/h2,4-5H,3H2,1H3,(H2,12,14,15). The molecule has 1 aliphatic heterocycles. The maximum Gasteiger partial charge on any atom is 0.147 e. The Balaban J connectivity index is 2.43. The van der Waals surface area contributed by atoms with E-state index in [-0.39, 0.29) is 6.04 Å². The molecule has 1 aliphatic rings. The summed E-state index contributed by atoms with van der Waals surface area (Å²) in [6, 6.07) is 0.270. The zero-order chi connectivity index (χ0) is 11.3. The second kappa shape index (κ2) is 3.28. The van der Waals surface area contributed by atoms with Gasteiger partial charge in [-0.25, -0.2) is 9.97 Å². The molecule has 2 aromatic heterocycles. The van der Waals surface area contributed by atoms with Gasteiger partial charge >= 0.3 is 0 Å². The molecule has 0 fully saturated rings. The number of anilines is 1. The maximum atomic E-state index is 5.86. The van der Waals surface area contributed by atoms with E-state index in [1.807, 2.05) is 6.21 Å². The first-order valence-corrected chi connectivity index (χ1v) is 5.79. The van der Waals surface area contributed by atoms with Crippen LogP contribution in [0.15, 0.2) is 15.8 Å². The van der Waals surface area contributed by atoms with Gasteiger partial charge in [-0.1, -0.05) is 0 Å². The van der Waals surface area contributed by atoms with Crippen molar-refractivity contribution in [1.29, 1.82) is 0 Å². The lowest BCUT2D eigenvalue weighted by Crippen LogP contribution is -2.18. The Morgan fingerprint density at radius 2 is 2.31 bits per heavy atom. The van der Waals surface area contributed by atoms with Crippen LogP contribution in [0, 0.1) is 0 Å². The molecule has 1 unspecified atom stereocenters. The third kappa shape index (κ3) is 1.19. The van der Waals surface area contributed by atoms with Gasteiger partial charge in [-0.2, -0.15) is 0 Å². The van der Waals surface area contributed by atoms with Crippen molar-refractivity contribution < 1.29 is 0 Å². The lowest BCUT2D eigenvalue weighted by molar-refractivity contribution is 0.588. The SMILES string of the molecule is CC1Cn2c(c(Br)c3c(N)ncnc32)C=N1. The van der Waals surface area contributed by atoms with E-state index < -0.39 is 0 Å². The van der Waals surface area contributed by atoms with Crippen LogP contribution in [-0.2, 0) is 6.54 Å². The summed E-state index contributed by atoms with van der Waals surface area (Å²) in [5.41, 5.74) is 7.75. The van der Waals surface area contributed by atoms with Crippen molar-refractivity contribution in [2.75, 3.05) is 5.73 Å². The highest BCUT2D eigenvalue weighted by molar-refractivity contribution is 9.10. The first kappa shape index (κ1) is 9.77. The summed E-state index contributed by atoms with van der Waals surface area (Å²) in [6.45, 7) is 2.90. The third-order valence-corrected chi connectivity index (χ3v) is 3.55. The van der Waals surface area contributed by atoms with Gasteiger partial charge in [-0.3, -0.25) is 4.99 Å². The summed E-state index contributed by atoms with van der Waals surface area (Å²) in [6.07, 6.45) is 3.35. The van der Waals surface area contributed by atoms with Crippen molar-refractivity contribution in [3.63, 3.8) is 0 Å². The molecule has 6 heteroatoms. The minimum Gasteiger partial charge on any atom is -0.383 e. The van der Waals surface area contributed by atoms with Gasteiger partial charge in [0.25, 0.3) is 0 Å². The van der Waals surface area contributed by atoms with Gasteiger partial charge in [0.05, 0.1) is 21.6 Å². The van der Waals surface area contributed by atoms with Crippen molar-refractivity contribution in [2.45, 2.75) is 19.5 Å². The highest BCUT2D eigenvalue weighted by atomic mass is 79.9. The lowest BCUT2D eigenvalue weighted by atomic mass is 10.3. The van der Waals surface area contributed by atoms with Crippen LogP contribution < -0.4 is 5.73 Å². The number of aliphatic imine (C=N–C) groups is 1. The molecular weight excluding hydrogens is 270 g/mol. The molecule has 0 bridgehead atoms. The predicted octanol–water partition coefficient (Wildman–Crippen LogP) is 1.60. The number of halogens is 1. The van der Waals surface area contributed by atoms with Gasteiger partial charge in [0, 0.05) is 12.8 Å². The zero-order valence-electron chi connectivity index (χ0n) is 8.68. The molecule has 16 heavy (non-hydrogen) atoms. The first-order valence-electron chi connectivity index (χ1n) is 5.00. The fourth-order valence-corrected chi connectivity index (χ4v) is 2.68. The number of aromatic nitrogens is 3. The second-order valence-corrected chi connectivity index (χ2v) is 4.69. The fourth-order valence-electron chi connectivity index (χ4n) is 1.99. The summed E-state index contributed by atoms with van der Waals surface area (Å²) >= 11 is 3.54. The van der Waals surface area contributed by atoms with Gasteiger partial charge in [0.2, 0.25) is 0 Å². The summed E-state index contributed by atoms with van der Waals surface area (Å²) in [7, 11) is 0. The first-order chi connectivity index (χ1) is 7.68. The van der Waals surface area contributed by atoms with Gasteiger partial charge in [-0.05, 0) is 22.9 Å². The van der Waals surface area contributed by atoms with Crippen molar-refractivity contribution in [2.24, 2.45) is 4.99 Å². The molecule has 0 aromatic carbocycles. The van der Waals surface area contributed by atoms with Crippen LogP contribution in [0.25, 0.3) is 11.0 Å². The Kier molecular flexibility index (Phi) is 2.00. The minimum atomic E-state index is 0.270. The summed E-state index contributed by atoms with van der Waals surface area (Å²) in [4.78, 5) is 12.7. The van der Waals surface area contributed by atoms with E-state index in [2.05, 4.69) is 42.4 Å². The molecule has 0 saturated carbocycles. The highest BCUT2D eigenvalue weighted by Crippen LogP contribution is 2.33. The van der Waals surface area contributed by atoms with Crippen LogP contribution in [0.2, 0.25) is 0 Å². The van der Waals surface area contributed by atoms with Crippen LogP contribution in [-0.4, -0.2) is 26.8 Å². The highest BCUT2D eigenvalue weighted by Gasteiger charge is 2.21. The van der Waals surface area contributed by atoms with Crippen LogP contribution in [0.4, 0.5) is 5.82 Å². The molecule has 0 saturated heterocycles. The second-order valence-electron chi connectivity index (χ2n) is 3.89. The Hall–Kier alpha value is -1.43. The number of hydrogen-bond acceptors (Lipinski definition) is 4. The molecule has 0 radical (unpaired) electrons. The normalized spacial score (nSPS) is 19.0. The molecule has 2 N–H and O–H groups in total. The number of fused-ring (bicyclic) bond motifs is 3. The molecular formula is C10H10BrN5. The predicted molar refractivity (Wildman–Crippen MR) is 66.7 cm³/mol. The monoisotopic (exact) mass is 279 g/mol. The Morgan fingerprint density at radius 1 is 1.50 bits per heavy atom. The van der Waals surface area contributed by atoms with Gasteiger partial charge in [-0.15, -0.1) is 0 Å². The summed E-state index contributed by atoms with van der Waals surface area (Å²) in [5.74, 6) is 0.500. The van der Waals surface area contributed by atoms with Gasteiger partial charge < -0.3 is 10.3 Å². The Bertz CT molecular complexity index is 601. The van der Waals surface area contributed by atoms with Crippen LogP contribution in [0.3, 0.4) is 0 Å². The molecule has 5 nitrogen and oxygen atoms in total. The van der Waals surface area contributed by atoms with E-state index in [0.29, 0.717) is 5.82 Å². The molecule has 3 rings (SSSR count). The molecule has 2 aromatic rings. The van der Waals surface area contributed by atoms with E-state index in [0.717, 1.165) is 27.7 Å². The van der Waals surface area contributed by atoms with Gasteiger partial charge in [0.15, 0.2) is 0 Å². The lowest BCUT2D eigenvalue weighted by Gasteiger charge is -2.15. The van der Waals surface area contributed by atoms with E-state index >= 15 is 0 Å². The molecule has 0 amide bonds. The number of hydrogen-bond donors (Lipinski definition) is 1. The molecule has 82 valence electrons. The van der Waals surface area contributed by atoms with Crippen molar-refractivity contribution >= 4 is 39.0 Å². The average molecular weight is 280 g/mol. The minimum absolute atomic E-state index is 0.270. The number of nitrogens with two attached hydrogens (primary N) is 1. The Morgan fingerprint density at radius 3 is 3.12 bits per heavy atom. The summed E-state index contributed by atoms with van der Waals surface area (Å²) in [5, 5.41) is 0.873. The van der Waals surface area contributed by atoms with E-state index in [1.165, 1.54) is 6.33 Å². The molecule has 3 heterocycles. The zero-order valence-corrected chi connectivity index (χ0v) is 10.3. The topological polar surface area (TPSA) is 69.1 Å². The number of rotatable bonds is 0. The number of nitrogens with zero attached hydrogens (tertiary/aromatic N) is 4. The molecule has 0 spiro atoms. The number of nitrogen functional groups attached to an aromatic ring is 1. The van der Waals surface area contributed by atoms with E-state index in [9.17, 15) is 0 Å². The maximum absolute atomic E-state index is 5.86. The fraction of sp³-hybridized carbons (Fsp3) is 0.300. The quantitative estimate of drug-likeness (QED) is 0.796. The van der Waals surface area contributed by atoms with Crippen molar-refractivity contribution in [1.82, 2.24) is 14.5 Å². The summed E-state index contributed by atoms with van der Waals surface area (Å²) < 4.78 is 3.05. The average Bonchev–Trinajstić information content (AvgIpc) is 2.54. The van der Waals surface area contributed by atoms with E-state index in [4.69, 9.17) is 5.73 Å². The smallest absolute Gasteiger partial charge is 0.147 e. The molecule has 1 atom stereocenters. The Labute approximate surface area is 101 Å². The van der Waals surface area contributed by atoms with Crippen molar-refractivity contribution in [3.05, 3.63) is 16.5 Å². The van der Waals surface area contributed by atoms with Crippen LogP contribution >= 0.6 is 15.9 Å². The van der Waals surface area contributed by atoms with E-state index in [1.54, 1.807) is 0 Å². The van der Waals surface area contributed by atoms with Crippen LogP contribution in [0.1, 0.15) is 12.6 Å². The van der Waals surface area contributed by atoms with Crippen molar-refractivity contribution in [3.8, 4) is 0 Å². The van der Waals surface area contributed by atoms with Crippen LogP contribution in [0.5, 0.6) is 0 Å².